The lowest BCUT2D eigenvalue weighted by Crippen LogP contribution is -2.07. The Labute approximate surface area is 148 Å². The third-order valence-electron chi connectivity index (χ3n) is 3.20. The molecule has 2 N–H and O–H groups in total. The van der Waals surface area contributed by atoms with Crippen molar-refractivity contribution in [3.05, 3.63) is 29.8 Å². The molecule has 3 rings (SSSR count). The number of methoxy groups -OCH3 is 1. The van der Waals surface area contributed by atoms with Crippen LogP contribution in [-0.2, 0) is 0 Å². The summed E-state index contributed by atoms with van der Waals surface area (Å²) >= 11 is 6.10. The summed E-state index contributed by atoms with van der Waals surface area (Å²) in [5.74, 6) is 1.50. The maximum atomic E-state index is 9.90. The van der Waals surface area contributed by atoms with Crippen molar-refractivity contribution in [1.82, 2.24) is 19.9 Å². The number of aromatic hydroxyl groups is 1. The fraction of sp³-hybridized carbons (Fsp3) is 0.250. The van der Waals surface area contributed by atoms with Gasteiger partial charge in [0.25, 0.3) is 0 Å². The average molecular weight is 362 g/mol. The minimum atomic E-state index is -0.0988. The summed E-state index contributed by atoms with van der Waals surface area (Å²) in [6, 6.07) is 3.03. The molecule has 25 heavy (non-hydrogen) atoms. The summed E-state index contributed by atoms with van der Waals surface area (Å²) < 4.78 is 10.9. The van der Waals surface area contributed by atoms with Crippen LogP contribution in [0, 0.1) is 0 Å². The van der Waals surface area contributed by atoms with Gasteiger partial charge in [0.05, 0.1) is 30.3 Å². The van der Waals surface area contributed by atoms with E-state index in [1.165, 1.54) is 31.8 Å². The molecule has 3 aromatic rings. The van der Waals surface area contributed by atoms with E-state index in [0.717, 1.165) is 0 Å². The second-order valence-electron chi connectivity index (χ2n) is 5.40. The van der Waals surface area contributed by atoms with E-state index in [-0.39, 0.29) is 22.8 Å². The van der Waals surface area contributed by atoms with E-state index in [9.17, 15) is 5.11 Å². The maximum absolute atomic E-state index is 9.90. The molecule has 2 aromatic heterocycles. The summed E-state index contributed by atoms with van der Waals surface area (Å²) in [5.41, 5.74) is 0.514. The van der Waals surface area contributed by atoms with Gasteiger partial charge in [0.15, 0.2) is 11.0 Å². The summed E-state index contributed by atoms with van der Waals surface area (Å²) in [7, 11) is 1.49. The SMILES string of the molecule is COc1cnc(Cl)c(Nc2ncnc3cc(O)cc(OC(C)C)c23)n1. The first-order chi connectivity index (χ1) is 12.0. The number of hydrogen-bond acceptors (Lipinski definition) is 8. The van der Waals surface area contributed by atoms with Crippen molar-refractivity contribution < 1.29 is 14.6 Å². The predicted molar refractivity (Wildman–Crippen MR) is 93.8 cm³/mol. The number of hydrogen-bond donors (Lipinski definition) is 2. The topological polar surface area (TPSA) is 102 Å². The number of ether oxygens (including phenoxy) is 2. The summed E-state index contributed by atoms with van der Waals surface area (Å²) in [5, 5.41) is 13.7. The van der Waals surface area contributed by atoms with Gasteiger partial charge in [0, 0.05) is 12.1 Å². The first kappa shape index (κ1) is 17.0. The van der Waals surface area contributed by atoms with Gasteiger partial charge in [-0.1, -0.05) is 11.6 Å². The molecular weight excluding hydrogens is 346 g/mol. The molecule has 0 aliphatic carbocycles. The second-order valence-corrected chi connectivity index (χ2v) is 5.76. The van der Waals surface area contributed by atoms with Crippen LogP contribution < -0.4 is 14.8 Å². The molecule has 0 spiro atoms. The Kier molecular flexibility index (Phi) is 4.71. The quantitative estimate of drug-likeness (QED) is 0.713. The number of nitrogens with one attached hydrogen (secondary N) is 1. The third-order valence-corrected chi connectivity index (χ3v) is 3.48. The highest BCUT2D eigenvalue weighted by atomic mass is 35.5. The molecule has 0 saturated carbocycles. The molecule has 0 fully saturated rings. The Hall–Kier alpha value is -2.87. The average Bonchev–Trinajstić information content (AvgIpc) is 2.56. The molecule has 0 atom stereocenters. The molecule has 0 saturated heterocycles. The van der Waals surface area contributed by atoms with E-state index >= 15 is 0 Å². The third kappa shape index (κ3) is 3.63. The van der Waals surface area contributed by atoms with Crippen LogP contribution in [0.2, 0.25) is 5.15 Å². The van der Waals surface area contributed by atoms with Crippen molar-refractivity contribution in [2.24, 2.45) is 0 Å². The van der Waals surface area contributed by atoms with Gasteiger partial charge in [0.2, 0.25) is 5.88 Å². The van der Waals surface area contributed by atoms with Crippen LogP contribution >= 0.6 is 11.6 Å². The van der Waals surface area contributed by atoms with Crippen molar-refractivity contribution in [2.45, 2.75) is 20.0 Å². The Morgan fingerprint density at radius 1 is 1.16 bits per heavy atom. The van der Waals surface area contributed by atoms with Gasteiger partial charge >= 0.3 is 0 Å². The van der Waals surface area contributed by atoms with E-state index in [4.69, 9.17) is 21.1 Å². The van der Waals surface area contributed by atoms with Gasteiger partial charge in [-0.05, 0) is 13.8 Å². The van der Waals surface area contributed by atoms with Crippen LogP contribution in [-0.4, -0.2) is 38.3 Å². The highest BCUT2D eigenvalue weighted by Gasteiger charge is 2.16. The molecule has 8 nitrogen and oxygen atoms in total. The van der Waals surface area contributed by atoms with Crippen molar-refractivity contribution >= 4 is 34.1 Å². The van der Waals surface area contributed by atoms with Crippen LogP contribution in [0.15, 0.2) is 24.7 Å². The number of benzene rings is 1. The largest absolute Gasteiger partial charge is 0.508 e. The molecule has 0 bridgehead atoms. The molecule has 0 aliphatic heterocycles. The van der Waals surface area contributed by atoms with E-state index in [1.54, 1.807) is 0 Å². The fourth-order valence-electron chi connectivity index (χ4n) is 2.23. The highest BCUT2D eigenvalue weighted by Crippen LogP contribution is 2.36. The fourth-order valence-corrected chi connectivity index (χ4v) is 2.37. The normalized spacial score (nSPS) is 10.9. The molecule has 0 amide bonds. The molecule has 2 heterocycles. The number of phenolic OH excluding ortho intramolecular Hbond substituents is 1. The molecule has 0 unspecified atom stereocenters. The highest BCUT2D eigenvalue weighted by molar-refractivity contribution is 6.31. The number of phenols is 1. The van der Waals surface area contributed by atoms with Crippen molar-refractivity contribution in [1.29, 1.82) is 0 Å². The summed E-state index contributed by atoms with van der Waals surface area (Å²) in [4.78, 5) is 16.7. The van der Waals surface area contributed by atoms with Gasteiger partial charge < -0.3 is 19.9 Å². The number of aromatic nitrogens is 4. The van der Waals surface area contributed by atoms with Crippen molar-refractivity contribution in [2.75, 3.05) is 12.4 Å². The number of anilines is 2. The van der Waals surface area contributed by atoms with Crippen LogP contribution in [0.4, 0.5) is 11.6 Å². The molecule has 130 valence electrons. The molecule has 0 radical (unpaired) electrons. The second kappa shape index (κ2) is 6.94. The minimum absolute atomic E-state index is 0.0482. The van der Waals surface area contributed by atoms with Gasteiger partial charge in [-0.15, -0.1) is 0 Å². The zero-order valence-electron chi connectivity index (χ0n) is 13.8. The molecule has 9 heteroatoms. The van der Waals surface area contributed by atoms with Gasteiger partial charge in [-0.3, -0.25) is 0 Å². The lowest BCUT2D eigenvalue weighted by Gasteiger charge is -2.15. The van der Waals surface area contributed by atoms with Crippen molar-refractivity contribution in [3.8, 4) is 17.4 Å². The number of halogens is 1. The van der Waals surface area contributed by atoms with Gasteiger partial charge in [0.1, 0.15) is 23.6 Å². The van der Waals surface area contributed by atoms with E-state index in [2.05, 4.69) is 25.3 Å². The van der Waals surface area contributed by atoms with Gasteiger partial charge in [-0.2, -0.15) is 4.98 Å². The summed E-state index contributed by atoms with van der Waals surface area (Å²) in [6.07, 6.45) is 2.68. The first-order valence-electron chi connectivity index (χ1n) is 7.46. The lowest BCUT2D eigenvalue weighted by molar-refractivity contribution is 0.244. The van der Waals surface area contributed by atoms with Crippen molar-refractivity contribution in [3.63, 3.8) is 0 Å². The Bertz CT molecular complexity index is 920. The minimum Gasteiger partial charge on any atom is -0.508 e. The zero-order valence-corrected chi connectivity index (χ0v) is 14.6. The van der Waals surface area contributed by atoms with Crippen LogP contribution in [0.25, 0.3) is 10.9 Å². The summed E-state index contributed by atoms with van der Waals surface area (Å²) in [6.45, 7) is 3.77. The maximum Gasteiger partial charge on any atom is 0.234 e. The van der Waals surface area contributed by atoms with Crippen LogP contribution in [0.1, 0.15) is 13.8 Å². The van der Waals surface area contributed by atoms with Crippen LogP contribution in [0.3, 0.4) is 0 Å². The Morgan fingerprint density at radius 3 is 2.68 bits per heavy atom. The van der Waals surface area contributed by atoms with E-state index in [0.29, 0.717) is 28.4 Å². The lowest BCUT2D eigenvalue weighted by atomic mass is 10.2. The standard InChI is InChI=1S/C16H16ClN5O3/c1-8(2)25-11-5-9(23)4-10-13(11)15(20-7-19-10)22-16-14(17)18-6-12(21-16)24-3/h4-8,23H,1-3H3,(H,19,20,21,22). The Morgan fingerprint density at radius 2 is 1.96 bits per heavy atom. The predicted octanol–water partition coefficient (Wildman–Crippen LogP) is 3.32. The van der Waals surface area contributed by atoms with Gasteiger partial charge in [-0.25, -0.2) is 15.0 Å². The number of fused-ring (bicyclic) bond motifs is 1. The van der Waals surface area contributed by atoms with E-state index < -0.39 is 0 Å². The van der Waals surface area contributed by atoms with E-state index in [1.807, 2.05) is 13.8 Å². The smallest absolute Gasteiger partial charge is 0.234 e. The molecule has 0 aliphatic rings. The zero-order chi connectivity index (χ0) is 18.0. The van der Waals surface area contributed by atoms with Crippen LogP contribution in [0.5, 0.6) is 17.4 Å². The number of rotatable bonds is 5. The molecule has 1 aromatic carbocycles. The monoisotopic (exact) mass is 361 g/mol. The number of nitrogens with zero attached hydrogens (tertiary/aromatic N) is 4. The Balaban J connectivity index is 2.13. The molecular formula is C16H16ClN5O3. The first-order valence-corrected chi connectivity index (χ1v) is 7.83.